The molecule has 0 radical (unpaired) electrons. The second-order valence-electron chi connectivity index (χ2n) is 4.71. The summed E-state index contributed by atoms with van der Waals surface area (Å²) in [6.07, 6.45) is 0.0584. The summed E-state index contributed by atoms with van der Waals surface area (Å²) in [4.78, 5) is 23.7. The number of amides is 2. The van der Waals surface area contributed by atoms with Crippen LogP contribution in [0.3, 0.4) is 0 Å². The number of nitrogens with one attached hydrogen (secondary N) is 1. The van der Waals surface area contributed by atoms with E-state index in [2.05, 4.69) is 5.32 Å². The number of rotatable bonds is 6. The Bertz CT molecular complexity index is 457. The van der Waals surface area contributed by atoms with Crippen molar-refractivity contribution in [3.8, 4) is 0 Å². The van der Waals surface area contributed by atoms with Crippen molar-refractivity contribution in [2.75, 3.05) is 20.1 Å². The van der Waals surface area contributed by atoms with Crippen LogP contribution in [-0.4, -0.2) is 53.4 Å². The number of carbonyl (C=O) groups is 2. The first-order valence-corrected chi connectivity index (χ1v) is 6.39. The van der Waals surface area contributed by atoms with E-state index in [9.17, 15) is 14.7 Å². The Balaban J connectivity index is 2.37. The number of likely N-dealkylation sites (N-methyl/N-ethyl adjacent to an activating group) is 1. The minimum Gasteiger partial charge on any atom is -0.478 e. The summed E-state index contributed by atoms with van der Waals surface area (Å²) in [6, 6.07) is 6.30. The second kappa shape index (κ2) is 7.49. The van der Waals surface area contributed by atoms with Crippen LogP contribution >= 0.6 is 0 Å². The van der Waals surface area contributed by atoms with Crippen molar-refractivity contribution in [3.63, 3.8) is 0 Å². The van der Waals surface area contributed by atoms with Crippen LogP contribution in [-0.2, 0) is 6.42 Å². The average Bonchev–Trinajstić information content (AvgIpc) is 2.38. The average molecular weight is 280 g/mol. The molecule has 0 aromatic heterocycles. The predicted octanol–water partition coefficient (Wildman–Crippen LogP) is 0.949. The van der Waals surface area contributed by atoms with Gasteiger partial charge in [0.05, 0.1) is 11.7 Å². The summed E-state index contributed by atoms with van der Waals surface area (Å²) in [7, 11) is 1.61. The summed E-state index contributed by atoms with van der Waals surface area (Å²) in [6.45, 7) is 2.35. The fourth-order valence-corrected chi connectivity index (χ4v) is 1.74. The normalized spacial score (nSPS) is 11.8. The highest BCUT2D eigenvalue weighted by Gasteiger charge is 2.09. The molecule has 0 aliphatic carbocycles. The molecule has 1 atom stereocenters. The van der Waals surface area contributed by atoms with E-state index in [4.69, 9.17) is 5.11 Å². The van der Waals surface area contributed by atoms with Crippen molar-refractivity contribution < 1.29 is 19.8 Å². The number of nitrogens with zero attached hydrogens (tertiary/aromatic N) is 1. The zero-order valence-corrected chi connectivity index (χ0v) is 11.7. The third-order valence-electron chi connectivity index (χ3n) is 2.78. The van der Waals surface area contributed by atoms with Crippen molar-refractivity contribution in [3.05, 3.63) is 35.4 Å². The summed E-state index contributed by atoms with van der Waals surface area (Å²) >= 11 is 0. The Kier molecular flexibility index (Phi) is 5.99. The van der Waals surface area contributed by atoms with Crippen molar-refractivity contribution in [1.82, 2.24) is 10.2 Å². The van der Waals surface area contributed by atoms with Gasteiger partial charge in [0.15, 0.2) is 0 Å². The lowest BCUT2D eigenvalue weighted by Crippen LogP contribution is -2.41. The highest BCUT2D eigenvalue weighted by Crippen LogP contribution is 2.04. The molecule has 0 bridgehead atoms. The molecule has 0 saturated carbocycles. The molecule has 1 rings (SSSR count). The van der Waals surface area contributed by atoms with Gasteiger partial charge in [-0.15, -0.1) is 0 Å². The van der Waals surface area contributed by atoms with E-state index >= 15 is 0 Å². The van der Waals surface area contributed by atoms with Gasteiger partial charge in [0.2, 0.25) is 0 Å². The molecule has 6 heteroatoms. The lowest BCUT2D eigenvalue weighted by molar-refractivity contribution is 0.0697. The molecule has 2 amide bonds. The van der Waals surface area contributed by atoms with Gasteiger partial charge in [-0.3, -0.25) is 0 Å². The standard InChI is InChI=1S/C14H20N2O4/c1-10(17)9-16(2)14(20)15-8-7-11-3-5-12(6-4-11)13(18)19/h3-6,10,17H,7-9H2,1-2H3,(H,15,20)(H,18,19). The monoisotopic (exact) mass is 280 g/mol. The molecule has 1 aromatic rings. The molecule has 3 N–H and O–H groups in total. The van der Waals surface area contributed by atoms with Crippen molar-refractivity contribution in [2.45, 2.75) is 19.4 Å². The van der Waals surface area contributed by atoms with Gasteiger partial charge in [0.1, 0.15) is 0 Å². The van der Waals surface area contributed by atoms with Crippen LogP contribution in [0.2, 0.25) is 0 Å². The first-order chi connectivity index (χ1) is 9.40. The molecule has 0 spiro atoms. The lowest BCUT2D eigenvalue weighted by Gasteiger charge is -2.19. The van der Waals surface area contributed by atoms with E-state index in [-0.39, 0.29) is 18.1 Å². The largest absolute Gasteiger partial charge is 0.478 e. The Morgan fingerprint density at radius 2 is 1.90 bits per heavy atom. The fourth-order valence-electron chi connectivity index (χ4n) is 1.74. The number of carboxylic acid groups (broad SMARTS) is 1. The van der Waals surface area contributed by atoms with Gasteiger partial charge in [0, 0.05) is 20.1 Å². The highest BCUT2D eigenvalue weighted by molar-refractivity contribution is 5.87. The maximum absolute atomic E-state index is 11.6. The number of hydrogen-bond donors (Lipinski definition) is 3. The first kappa shape index (κ1) is 16.0. The zero-order valence-electron chi connectivity index (χ0n) is 11.7. The van der Waals surface area contributed by atoms with Crippen LogP contribution in [0.25, 0.3) is 0 Å². The van der Waals surface area contributed by atoms with Gasteiger partial charge in [0.25, 0.3) is 0 Å². The van der Waals surface area contributed by atoms with Gasteiger partial charge in [-0.25, -0.2) is 9.59 Å². The Morgan fingerprint density at radius 3 is 2.40 bits per heavy atom. The fraction of sp³-hybridized carbons (Fsp3) is 0.429. The van der Waals surface area contributed by atoms with Crippen molar-refractivity contribution in [1.29, 1.82) is 0 Å². The SMILES string of the molecule is CC(O)CN(C)C(=O)NCCc1ccc(C(=O)O)cc1. The molecule has 0 aliphatic rings. The van der Waals surface area contributed by atoms with Gasteiger partial charge >= 0.3 is 12.0 Å². The number of aliphatic hydroxyl groups excluding tert-OH is 1. The number of carbonyl (C=O) groups excluding carboxylic acids is 1. The number of benzene rings is 1. The topological polar surface area (TPSA) is 89.9 Å². The van der Waals surface area contributed by atoms with Gasteiger partial charge in [-0.2, -0.15) is 0 Å². The number of urea groups is 1. The molecular weight excluding hydrogens is 260 g/mol. The molecule has 1 aromatic carbocycles. The van der Waals surface area contributed by atoms with Crippen molar-refractivity contribution >= 4 is 12.0 Å². The molecule has 110 valence electrons. The van der Waals surface area contributed by atoms with Crippen LogP contribution in [0.4, 0.5) is 4.79 Å². The third kappa shape index (κ3) is 5.27. The van der Waals surface area contributed by atoms with Gasteiger partial charge in [-0.05, 0) is 31.0 Å². The summed E-state index contributed by atoms with van der Waals surface area (Å²) in [5.41, 5.74) is 1.20. The van der Waals surface area contributed by atoms with Crippen molar-refractivity contribution in [2.24, 2.45) is 0 Å². The van der Waals surface area contributed by atoms with Crippen LogP contribution in [0.5, 0.6) is 0 Å². The predicted molar refractivity (Wildman–Crippen MR) is 74.8 cm³/mol. The van der Waals surface area contributed by atoms with Gasteiger partial charge in [-0.1, -0.05) is 12.1 Å². The van der Waals surface area contributed by atoms with Crippen LogP contribution in [0.15, 0.2) is 24.3 Å². The third-order valence-corrected chi connectivity index (χ3v) is 2.78. The first-order valence-electron chi connectivity index (χ1n) is 6.39. The quantitative estimate of drug-likeness (QED) is 0.723. The van der Waals surface area contributed by atoms with E-state index < -0.39 is 12.1 Å². The Hall–Kier alpha value is -2.08. The van der Waals surface area contributed by atoms with E-state index in [0.29, 0.717) is 13.0 Å². The van der Waals surface area contributed by atoms with Gasteiger partial charge < -0.3 is 20.4 Å². The molecule has 0 saturated heterocycles. The summed E-state index contributed by atoms with van der Waals surface area (Å²) in [5, 5.41) is 20.7. The summed E-state index contributed by atoms with van der Waals surface area (Å²) < 4.78 is 0. The maximum Gasteiger partial charge on any atom is 0.335 e. The van der Waals surface area contributed by atoms with E-state index in [1.54, 1.807) is 38.2 Å². The van der Waals surface area contributed by atoms with Crippen LogP contribution in [0.1, 0.15) is 22.8 Å². The maximum atomic E-state index is 11.6. The van der Waals surface area contributed by atoms with E-state index in [0.717, 1.165) is 5.56 Å². The second-order valence-corrected chi connectivity index (χ2v) is 4.71. The molecule has 0 aliphatic heterocycles. The van der Waals surface area contributed by atoms with E-state index in [1.165, 1.54) is 4.90 Å². The lowest BCUT2D eigenvalue weighted by atomic mass is 10.1. The smallest absolute Gasteiger partial charge is 0.335 e. The molecular formula is C14H20N2O4. The highest BCUT2D eigenvalue weighted by atomic mass is 16.4. The zero-order chi connectivity index (χ0) is 15.1. The molecule has 20 heavy (non-hydrogen) atoms. The number of aliphatic hydroxyl groups is 1. The molecule has 1 unspecified atom stereocenters. The number of aromatic carboxylic acids is 1. The summed E-state index contributed by atoms with van der Waals surface area (Å²) in [5.74, 6) is -0.954. The van der Waals surface area contributed by atoms with Crippen LogP contribution < -0.4 is 5.32 Å². The number of hydrogen-bond acceptors (Lipinski definition) is 3. The van der Waals surface area contributed by atoms with Crippen LogP contribution in [0, 0.1) is 0 Å². The molecule has 6 nitrogen and oxygen atoms in total. The minimum absolute atomic E-state index is 0.243. The Labute approximate surface area is 118 Å². The Morgan fingerprint density at radius 1 is 1.30 bits per heavy atom. The number of carboxylic acids is 1. The van der Waals surface area contributed by atoms with E-state index in [1.807, 2.05) is 0 Å². The molecule has 0 heterocycles. The minimum atomic E-state index is -0.954. The molecule has 0 fully saturated rings.